The van der Waals surface area contributed by atoms with Crippen LogP contribution in [0.2, 0.25) is 5.02 Å². The van der Waals surface area contributed by atoms with Crippen molar-refractivity contribution in [1.82, 2.24) is 9.78 Å². The molecule has 0 saturated heterocycles. The molecule has 29 heavy (non-hydrogen) atoms. The van der Waals surface area contributed by atoms with Crippen molar-refractivity contribution in [3.63, 3.8) is 0 Å². The van der Waals surface area contributed by atoms with Crippen LogP contribution in [0.25, 0.3) is 10.9 Å². The van der Waals surface area contributed by atoms with Crippen LogP contribution in [-0.2, 0) is 16.5 Å². The second-order valence-electron chi connectivity index (χ2n) is 7.11. The predicted molar refractivity (Wildman–Crippen MR) is 106 cm³/mol. The van der Waals surface area contributed by atoms with Crippen LogP contribution in [-0.4, -0.2) is 22.7 Å². The van der Waals surface area contributed by atoms with Gasteiger partial charge >= 0.3 is 6.18 Å². The lowest BCUT2D eigenvalue weighted by atomic mass is 9.75. The number of hydrogen-bond acceptors (Lipinski definition) is 3. The number of benzene rings is 2. The van der Waals surface area contributed by atoms with E-state index in [1.54, 1.807) is 10.9 Å². The molecule has 1 saturated carbocycles. The summed E-state index contributed by atoms with van der Waals surface area (Å²) in [6.07, 6.45) is -0.774. The van der Waals surface area contributed by atoms with E-state index in [4.69, 9.17) is 11.6 Å². The summed E-state index contributed by atoms with van der Waals surface area (Å²) in [5, 5.41) is 10.9. The highest BCUT2D eigenvalue weighted by molar-refractivity contribution is 6.33. The maximum atomic E-state index is 13.2. The maximum Gasteiger partial charge on any atom is 0.416 e. The number of anilines is 2. The van der Waals surface area contributed by atoms with E-state index in [1.807, 2.05) is 25.2 Å². The Morgan fingerprint density at radius 2 is 1.97 bits per heavy atom. The molecular weight excluding hydrogens is 405 g/mol. The summed E-state index contributed by atoms with van der Waals surface area (Å²) in [7, 11) is 1.82. The number of halogens is 4. The average Bonchev–Trinajstić information content (AvgIpc) is 3.05. The van der Waals surface area contributed by atoms with Gasteiger partial charge in [0.25, 0.3) is 5.91 Å². The first-order valence-electron chi connectivity index (χ1n) is 9.09. The Morgan fingerprint density at radius 1 is 1.21 bits per heavy atom. The summed E-state index contributed by atoms with van der Waals surface area (Å²) in [6, 6.07) is 8.63. The van der Waals surface area contributed by atoms with E-state index in [0.717, 1.165) is 35.1 Å². The summed E-state index contributed by atoms with van der Waals surface area (Å²) in [5.74, 6) is -0.340. The van der Waals surface area contributed by atoms with Crippen LogP contribution in [0, 0.1) is 0 Å². The lowest BCUT2D eigenvalue weighted by molar-refractivity contribution is -0.137. The van der Waals surface area contributed by atoms with Gasteiger partial charge in [0.1, 0.15) is 5.54 Å². The molecule has 5 nitrogen and oxygen atoms in total. The van der Waals surface area contributed by atoms with Crippen molar-refractivity contribution in [1.29, 1.82) is 0 Å². The van der Waals surface area contributed by atoms with E-state index in [1.165, 1.54) is 6.07 Å². The highest BCUT2D eigenvalue weighted by Gasteiger charge is 2.47. The first kappa shape index (κ1) is 19.6. The summed E-state index contributed by atoms with van der Waals surface area (Å²) in [6.45, 7) is 0. The van der Waals surface area contributed by atoms with Gasteiger partial charge in [0, 0.05) is 18.1 Å². The zero-order valence-electron chi connectivity index (χ0n) is 15.5. The quantitative estimate of drug-likeness (QED) is 0.602. The smallest absolute Gasteiger partial charge is 0.388 e. The summed E-state index contributed by atoms with van der Waals surface area (Å²) in [4.78, 5) is 13.2. The van der Waals surface area contributed by atoms with Gasteiger partial charge in [0.15, 0.2) is 0 Å². The molecule has 0 spiro atoms. The third kappa shape index (κ3) is 3.31. The highest BCUT2D eigenvalue weighted by Crippen LogP contribution is 2.42. The van der Waals surface area contributed by atoms with Gasteiger partial charge < -0.3 is 10.6 Å². The van der Waals surface area contributed by atoms with Gasteiger partial charge in [-0.05, 0) is 55.7 Å². The number of hydrogen-bond donors (Lipinski definition) is 2. The minimum absolute atomic E-state index is 0.143. The number of fused-ring (bicyclic) bond motifs is 1. The number of nitrogens with one attached hydrogen (secondary N) is 2. The minimum Gasteiger partial charge on any atom is -0.388 e. The van der Waals surface area contributed by atoms with E-state index >= 15 is 0 Å². The highest BCUT2D eigenvalue weighted by atomic mass is 35.5. The molecule has 3 aromatic rings. The molecule has 2 aromatic carbocycles. The molecule has 9 heteroatoms. The van der Waals surface area contributed by atoms with Crippen LogP contribution in [0.3, 0.4) is 0 Å². The molecule has 0 aliphatic heterocycles. The molecule has 0 bridgehead atoms. The number of aromatic nitrogens is 2. The number of carbonyl (C=O) groups is 1. The van der Waals surface area contributed by atoms with Gasteiger partial charge in [0.05, 0.1) is 28.0 Å². The number of rotatable bonds is 4. The SMILES string of the molecule is CNc1ccc2c(cnn2C2(C(=O)Nc3ccc(C(F)(F)F)cc3Cl)CCC2)c1. The van der Waals surface area contributed by atoms with Gasteiger partial charge in [-0.3, -0.25) is 4.79 Å². The number of carbonyl (C=O) groups excluding carboxylic acids is 1. The zero-order chi connectivity index (χ0) is 20.8. The number of nitrogens with zero attached hydrogens (tertiary/aromatic N) is 2. The molecule has 4 rings (SSSR count). The number of alkyl halides is 3. The van der Waals surface area contributed by atoms with Crippen molar-refractivity contribution in [2.45, 2.75) is 31.0 Å². The van der Waals surface area contributed by atoms with Crippen LogP contribution in [0.5, 0.6) is 0 Å². The van der Waals surface area contributed by atoms with Crippen molar-refractivity contribution in [2.75, 3.05) is 17.7 Å². The predicted octanol–water partition coefficient (Wildman–Crippen LogP) is 5.27. The molecule has 1 aliphatic carbocycles. The van der Waals surface area contributed by atoms with Gasteiger partial charge in [-0.2, -0.15) is 18.3 Å². The van der Waals surface area contributed by atoms with Crippen LogP contribution < -0.4 is 10.6 Å². The molecular formula is C20H18ClF3N4O. The largest absolute Gasteiger partial charge is 0.416 e. The van der Waals surface area contributed by atoms with Crippen LogP contribution in [0.15, 0.2) is 42.6 Å². The Kier molecular flexibility index (Phi) is 4.69. The van der Waals surface area contributed by atoms with Gasteiger partial charge in [-0.1, -0.05) is 11.6 Å². The van der Waals surface area contributed by atoms with Crippen LogP contribution in [0.4, 0.5) is 24.5 Å². The van der Waals surface area contributed by atoms with E-state index < -0.39 is 17.3 Å². The minimum atomic E-state index is -4.50. The van der Waals surface area contributed by atoms with E-state index in [0.29, 0.717) is 12.8 Å². The first-order valence-corrected chi connectivity index (χ1v) is 9.47. The maximum absolute atomic E-state index is 13.2. The molecule has 1 aliphatic rings. The van der Waals surface area contributed by atoms with Gasteiger partial charge in [-0.15, -0.1) is 0 Å². The molecule has 0 atom stereocenters. The van der Waals surface area contributed by atoms with Crippen molar-refractivity contribution < 1.29 is 18.0 Å². The van der Waals surface area contributed by atoms with Gasteiger partial charge in [0.2, 0.25) is 0 Å². The van der Waals surface area contributed by atoms with Crippen LogP contribution >= 0.6 is 11.6 Å². The Bertz CT molecular complexity index is 1090. The Hall–Kier alpha value is -2.74. The second kappa shape index (κ2) is 6.95. The molecule has 152 valence electrons. The Labute approximate surface area is 169 Å². The molecule has 1 aromatic heterocycles. The molecule has 1 heterocycles. The van der Waals surface area contributed by atoms with Crippen molar-refractivity contribution in [3.05, 3.63) is 53.2 Å². The van der Waals surface area contributed by atoms with E-state index in [-0.39, 0.29) is 16.6 Å². The molecule has 1 amide bonds. The summed E-state index contributed by atoms with van der Waals surface area (Å²) in [5.41, 5.74) is 0.134. The Balaban J connectivity index is 1.65. The molecule has 0 unspecified atom stereocenters. The van der Waals surface area contributed by atoms with Gasteiger partial charge in [-0.25, -0.2) is 4.68 Å². The van der Waals surface area contributed by atoms with E-state index in [9.17, 15) is 18.0 Å². The second-order valence-corrected chi connectivity index (χ2v) is 7.52. The average molecular weight is 423 g/mol. The normalized spacial score (nSPS) is 15.8. The Morgan fingerprint density at radius 3 is 2.55 bits per heavy atom. The monoisotopic (exact) mass is 422 g/mol. The van der Waals surface area contributed by atoms with Crippen molar-refractivity contribution in [2.24, 2.45) is 0 Å². The van der Waals surface area contributed by atoms with Crippen molar-refractivity contribution >= 4 is 39.8 Å². The fraction of sp³-hybridized carbons (Fsp3) is 0.300. The summed E-state index contributed by atoms with van der Waals surface area (Å²) < 4.78 is 40.2. The lowest BCUT2D eigenvalue weighted by Crippen LogP contribution is -2.51. The van der Waals surface area contributed by atoms with Crippen LogP contribution in [0.1, 0.15) is 24.8 Å². The lowest BCUT2D eigenvalue weighted by Gasteiger charge is -2.40. The molecule has 2 N–H and O–H groups in total. The number of amides is 1. The molecule has 1 fully saturated rings. The third-order valence-corrected chi connectivity index (χ3v) is 5.72. The first-order chi connectivity index (χ1) is 13.7. The standard InChI is InChI=1S/C20H18ClF3N4O/c1-25-14-4-6-17-12(9-14)11-26-28(17)19(7-2-8-19)18(29)27-16-5-3-13(10-15(16)21)20(22,23)24/h3-6,9-11,25H,2,7-8H2,1H3,(H,27,29). The van der Waals surface area contributed by atoms with E-state index in [2.05, 4.69) is 15.7 Å². The molecule has 0 radical (unpaired) electrons. The fourth-order valence-electron chi connectivity index (χ4n) is 3.61. The zero-order valence-corrected chi connectivity index (χ0v) is 16.2. The topological polar surface area (TPSA) is 59.0 Å². The fourth-order valence-corrected chi connectivity index (χ4v) is 3.84. The third-order valence-electron chi connectivity index (χ3n) is 5.41. The van der Waals surface area contributed by atoms with Crippen molar-refractivity contribution in [3.8, 4) is 0 Å². The summed E-state index contributed by atoms with van der Waals surface area (Å²) >= 11 is 6.00.